The fraction of sp³-hybridized carbons (Fsp3) is 0.545. The molecule has 0 aliphatic rings. The van der Waals surface area contributed by atoms with E-state index in [4.69, 9.17) is 4.74 Å². The summed E-state index contributed by atoms with van der Waals surface area (Å²) in [5.41, 5.74) is 3.10. The topological polar surface area (TPSA) is 35.0 Å². The summed E-state index contributed by atoms with van der Waals surface area (Å²) in [5, 5.41) is 0. The van der Waals surface area contributed by atoms with Gasteiger partial charge < -0.3 is 4.74 Å². The average Bonchev–Trinajstić information content (AvgIpc) is 2.65. The van der Waals surface area contributed by atoms with Gasteiger partial charge in [0.2, 0.25) is 0 Å². The number of hydrogen-bond donors (Lipinski definition) is 0. The van der Waals surface area contributed by atoms with E-state index in [1.807, 2.05) is 43.6 Å². The summed E-state index contributed by atoms with van der Waals surface area (Å²) in [6, 6.07) is 7.96. The van der Waals surface area contributed by atoms with Crippen molar-refractivity contribution in [3.05, 3.63) is 42.2 Å². The van der Waals surface area contributed by atoms with Crippen LogP contribution in [0.4, 0.5) is 0 Å². The van der Waals surface area contributed by atoms with Gasteiger partial charge in [0.1, 0.15) is 5.75 Å². The standard InChI is InChI=1S/C22H32N2O/c1-3-5-6-7-8-9-10-11-14-19-21(25-4-2)16-18-24-22(19)20-15-12-13-17-23-20/h12-13,15-18H,3-11,14H2,1-2H3. The average molecular weight is 341 g/mol. The van der Waals surface area contributed by atoms with Crippen LogP contribution in [0.5, 0.6) is 5.75 Å². The summed E-state index contributed by atoms with van der Waals surface area (Å²) in [6.45, 7) is 4.97. The first-order valence-corrected chi connectivity index (χ1v) is 9.88. The zero-order valence-corrected chi connectivity index (χ0v) is 15.8. The molecule has 0 radical (unpaired) electrons. The molecule has 25 heavy (non-hydrogen) atoms. The lowest BCUT2D eigenvalue weighted by Crippen LogP contribution is -2.02. The lowest BCUT2D eigenvalue weighted by atomic mass is 10.0. The molecule has 2 rings (SSSR count). The molecule has 0 aliphatic carbocycles. The summed E-state index contributed by atoms with van der Waals surface area (Å²) in [4.78, 5) is 9.08. The van der Waals surface area contributed by atoms with E-state index in [0.717, 1.165) is 23.6 Å². The molecule has 2 heterocycles. The Balaban J connectivity index is 1.95. The summed E-state index contributed by atoms with van der Waals surface area (Å²) < 4.78 is 5.85. The van der Waals surface area contributed by atoms with Crippen LogP contribution in [0.2, 0.25) is 0 Å². The molecule has 0 saturated heterocycles. The van der Waals surface area contributed by atoms with Gasteiger partial charge in [-0.25, -0.2) is 0 Å². The lowest BCUT2D eigenvalue weighted by molar-refractivity contribution is 0.336. The Morgan fingerprint density at radius 3 is 2.24 bits per heavy atom. The maximum Gasteiger partial charge on any atom is 0.126 e. The molecule has 0 saturated carbocycles. The molecule has 0 spiro atoms. The Morgan fingerprint density at radius 1 is 0.800 bits per heavy atom. The highest BCUT2D eigenvalue weighted by atomic mass is 16.5. The molecule has 3 nitrogen and oxygen atoms in total. The van der Waals surface area contributed by atoms with Crippen molar-refractivity contribution in [2.45, 2.75) is 71.6 Å². The third kappa shape index (κ3) is 6.49. The molecular formula is C22H32N2O. The second-order valence-electron chi connectivity index (χ2n) is 6.51. The molecule has 0 bridgehead atoms. The number of aromatic nitrogens is 2. The predicted molar refractivity (Wildman–Crippen MR) is 105 cm³/mol. The smallest absolute Gasteiger partial charge is 0.126 e. The first kappa shape index (κ1) is 19.4. The third-order valence-corrected chi connectivity index (χ3v) is 4.50. The Kier molecular flexibility index (Phi) is 9.03. The van der Waals surface area contributed by atoms with Crippen LogP contribution in [0.1, 0.15) is 70.8 Å². The van der Waals surface area contributed by atoms with Crippen molar-refractivity contribution in [1.29, 1.82) is 0 Å². The van der Waals surface area contributed by atoms with Crippen LogP contribution in [-0.4, -0.2) is 16.6 Å². The Labute approximate surface area is 152 Å². The fourth-order valence-electron chi connectivity index (χ4n) is 3.17. The summed E-state index contributed by atoms with van der Waals surface area (Å²) in [7, 11) is 0. The van der Waals surface area contributed by atoms with Crippen molar-refractivity contribution in [2.75, 3.05) is 6.61 Å². The van der Waals surface area contributed by atoms with E-state index in [-0.39, 0.29) is 0 Å². The number of unbranched alkanes of at least 4 members (excludes halogenated alkanes) is 7. The van der Waals surface area contributed by atoms with Crippen molar-refractivity contribution >= 4 is 0 Å². The van der Waals surface area contributed by atoms with Crippen molar-refractivity contribution < 1.29 is 4.74 Å². The van der Waals surface area contributed by atoms with Crippen molar-refractivity contribution in [3.8, 4) is 17.1 Å². The minimum Gasteiger partial charge on any atom is -0.493 e. The van der Waals surface area contributed by atoms with Gasteiger partial charge in [-0.1, -0.05) is 57.9 Å². The highest BCUT2D eigenvalue weighted by Crippen LogP contribution is 2.29. The molecule has 2 aromatic heterocycles. The maximum absolute atomic E-state index is 5.85. The molecule has 0 N–H and O–H groups in total. The van der Waals surface area contributed by atoms with E-state index in [2.05, 4.69) is 16.9 Å². The van der Waals surface area contributed by atoms with Crippen LogP contribution in [-0.2, 0) is 6.42 Å². The van der Waals surface area contributed by atoms with Gasteiger partial charge in [-0.05, 0) is 38.0 Å². The van der Waals surface area contributed by atoms with Crippen molar-refractivity contribution in [3.63, 3.8) is 0 Å². The third-order valence-electron chi connectivity index (χ3n) is 4.50. The van der Waals surface area contributed by atoms with E-state index in [1.54, 1.807) is 0 Å². The maximum atomic E-state index is 5.85. The van der Waals surface area contributed by atoms with Crippen LogP contribution in [0, 0.1) is 0 Å². The number of hydrogen-bond acceptors (Lipinski definition) is 3. The largest absolute Gasteiger partial charge is 0.493 e. The molecule has 136 valence electrons. The lowest BCUT2D eigenvalue weighted by Gasteiger charge is -2.14. The van der Waals surface area contributed by atoms with Crippen LogP contribution in [0.15, 0.2) is 36.7 Å². The van der Waals surface area contributed by atoms with Crippen molar-refractivity contribution in [2.24, 2.45) is 0 Å². The zero-order valence-electron chi connectivity index (χ0n) is 15.8. The summed E-state index contributed by atoms with van der Waals surface area (Å²) in [6.07, 6.45) is 15.2. The molecule has 0 fully saturated rings. The number of pyridine rings is 2. The van der Waals surface area contributed by atoms with Crippen LogP contribution in [0.3, 0.4) is 0 Å². The van der Waals surface area contributed by atoms with Crippen molar-refractivity contribution in [1.82, 2.24) is 9.97 Å². The summed E-state index contributed by atoms with van der Waals surface area (Å²) >= 11 is 0. The monoisotopic (exact) mass is 340 g/mol. The molecule has 0 aliphatic heterocycles. The quantitative estimate of drug-likeness (QED) is 0.430. The minimum atomic E-state index is 0.677. The summed E-state index contributed by atoms with van der Waals surface area (Å²) in [5.74, 6) is 0.959. The van der Waals surface area contributed by atoms with E-state index >= 15 is 0 Å². The molecule has 0 unspecified atom stereocenters. The van der Waals surface area contributed by atoms with Gasteiger partial charge in [0.15, 0.2) is 0 Å². The second-order valence-corrected chi connectivity index (χ2v) is 6.51. The van der Waals surface area contributed by atoms with Crippen LogP contribution in [0.25, 0.3) is 11.4 Å². The number of ether oxygens (including phenoxy) is 1. The Hall–Kier alpha value is -1.90. The highest BCUT2D eigenvalue weighted by Gasteiger charge is 2.13. The second kappa shape index (κ2) is 11.6. The van der Waals surface area contributed by atoms with Gasteiger partial charge in [0.25, 0.3) is 0 Å². The molecular weight excluding hydrogens is 308 g/mol. The van der Waals surface area contributed by atoms with Gasteiger partial charge in [-0.15, -0.1) is 0 Å². The Bertz CT molecular complexity index is 598. The first-order valence-electron chi connectivity index (χ1n) is 9.88. The normalized spacial score (nSPS) is 10.8. The molecule has 0 aromatic carbocycles. The molecule has 0 amide bonds. The van der Waals surface area contributed by atoms with Gasteiger partial charge >= 0.3 is 0 Å². The molecule has 0 atom stereocenters. The van der Waals surface area contributed by atoms with E-state index in [9.17, 15) is 0 Å². The van der Waals surface area contributed by atoms with Gasteiger partial charge in [0.05, 0.1) is 18.0 Å². The zero-order chi connectivity index (χ0) is 17.7. The highest BCUT2D eigenvalue weighted by molar-refractivity contribution is 5.62. The van der Waals surface area contributed by atoms with E-state index in [1.165, 1.54) is 56.9 Å². The minimum absolute atomic E-state index is 0.677. The number of nitrogens with zero attached hydrogens (tertiary/aromatic N) is 2. The van der Waals surface area contributed by atoms with E-state index in [0.29, 0.717) is 6.61 Å². The van der Waals surface area contributed by atoms with Gasteiger partial charge in [0, 0.05) is 18.0 Å². The molecule has 2 aromatic rings. The first-order chi connectivity index (χ1) is 12.4. The van der Waals surface area contributed by atoms with Crippen LogP contribution < -0.4 is 4.74 Å². The van der Waals surface area contributed by atoms with Gasteiger partial charge in [-0.2, -0.15) is 0 Å². The predicted octanol–water partition coefficient (Wildman–Crippen LogP) is 6.23. The SMILES string of the molecule is CCCCCCCCCCc1c(OCC)ccnc1-c1ccccn1. The Morgan fingerprint density at radius 2 is 1.56 bits per heavy atom. The van der Waals surface area contributed by atoms with Gasteiger partial charge in [-0.3, -0.25) is 9.97 Å². The van der Waals surface area contributed by atoms with E-state index < -0.39 is 0 Å². The molecule has 3 heteroatoms. The fourth-order valence-corrected chi connectivity index (χ4v) is 3.17. The number of rotatable bonds is 12. The van der Waals surface area contributed by atoms with Crippen LogP contribution >= 0.6 is 0 Å².